The molecule has 2 aliphatic rings. The van der Waals surface area contributed by atoms with Gasteiger partial charge in [0.2, 0.25) is 0 Å². The van der Waals surface area contributed by atoms with Crippen molar-refractivity contribution in [1.82, 2.24) is 24.5 Å². The van der Waals surface area contributed by atoms with E-state index in [2.05, 4.69) is 156 Å². The Balaban J connectivity index is 1.19. The fraction of sp³-hybridized carbons (Fsp3) is 0.0213. The average molecular weight is 664 g/mol. The highest BCUT2D eigenvalue weighted by molar-refractivity contribution is 5.94. The second-order valence-corrected chi connectivity index (χ2v) is 13.4. The SMILES string of the molecule is c1ccc(-c2ccc(-c3nc(-c4ccccc4)nc(-c4cccc5c4-n4c(nc6ccccc64)C54c5ccccc5-c5ccccc54)n3)cc2)cc1. The molecule has 5 nitrogen and oxygen atoms in total. The number of nitrogens with zero attached hydrogens (tertiary/aromatic N) is 5. The van der Waals surface area contributed by atoms with E-state index in [0.717, 1.165) is 44.8 Å². The Hall–Kier alpha value is -6.98. The van der Waals surface area contributed by atoms with E-state index in [1.165, 1.54) is 33.4 Å². The van der Waals surface area contributed by atoms with Crippen LogP contribution in [0.5, 0.6) is 0 Å². The van der Waals surface area contributed by atoms with Crippen LogP contribution in [-0.4, -0.2) is 24.5 Å². The van der Waals surface area contributed by atoms with Crippen LogP contribution in [0.1, 0.15) is 22.5 Å². The first-order valence-electron chi connectivity index (χ1n) is 17.6. The van der Waals surface area contributed by atoms with Gasteiger partial charge in [0.1, 0.15) is 11.2 Å². The zero-order valence-corrected chi connectivity index (χ0v) is 28.0. The fourth-order valence-corrected chi connectivity index (χ4v) is 8.44. The molecule has 0 radical (unpaired) electrons. The van der Waals surface area contributed by atoms with Crippen molar-refractivity contribution in [3.05, 3.63) is 198 Å². The van der Waals surface area contributed by atoms with E-state index >= 15 is 0 Å². The largest absolute Gasteiger partial charge is 0.294 e. The van der Waals surface area contributed by atoms with Crippen molar-refractivity contribution in [3.8, 4) is 62.1 Å². The predicted octanol–water partition coefficient (Wildman–Crippen LogP) is 10.6. The quantitative estimate of drug-likeness (QED) is 0.188. The van der Waals surface area contributed by atoms with Gasteiger partial charge in [-0.1, -0.05) is 158 Å². The Labute approximate surface area is 300 Å². The third-order valence-electron chi connectivity index (χ3n) is 10.7. The van der Waals surface area contributed by atoms with Gasteiger partial charge >= 0.3 is 0 Å². The standard InChI is InChI=1S/C47H29N5/c1-3-14-30(15-4-1)31-26-28-33(29-27-31)44-49-43(32-16-5-2-6-17-32)50-45(51-44)36-20-13-23-39-42(36)52-41-25-12-11-24-40(41)48-46(52)47(39)37-21-9-7-18-34(37)35-19-8-10-22-38(35)47/h1-29H. The summed E-state index contributed by atoms with van der Waals surface area (Å²) in [6, 6.07) is 61.7. The summed E-state index contributed by atoms with van der Waals surface area (Å²) >= 11 is 0. The molecule has 0 unspecified atom stereocenters. The maximum atomic E-state index is 5.45. The molecule has 0 amide bonds. The Morgan fingerprint density at radius 2 is 0.827 bits per heavy atom. The minimum Gasteiger partial charge on any atom is -0.294 e. The lowest BCUT2D eigenvalue weighted by Crippen LogP contribution is -2.27. The molecule has 1 aliphatic carbocycles. The highest BCUT2D eigenvalue weighted by Gasteiger charge is 2.54. The third-order valence-corrected chi connectivity index (χ3v) is 10.7. The maximum absolute atomic E-state index is 5.45. The van der Waals surface area contributed by atoms with Gasteiger partial charge in [-0.15, -0.1) is 0 Å². The zero-order chi connectivity index (χ0) is 34.2. The molecule has 52 heavy (non-hydrogen) atoms. The molecule has 0 fully saturated rings. The van der Waals surface area contributed by atoms with Crippen molar-refractivity contribution in [1.29, 1.82) is 0 Å². The van der Waals surface area contributed by atoms with Gasteiger partial charge in [0, 0.05) is 16.7 Å². The number of para-hydroxylation sites is 3. The van der Waals surface area contributed by atoms with Crippen LogP contribution in [0.25, 0.3) is 73.1 Å². The van der Waals surface area contributed by atoms with E-state index in [-0.39, 0.29) is 0 Å². The number of fused-ring (bicyclic) bond motifs is 12. The summed E-state index contributed by atoms with van der Waals surface area (Å²) < 4.78 is 2.36. The lowest BCUT2D eigenvalue weighted by Gasteiger charge is -2.27. The Bertz CT molecular complexity index is 2790. The molecule has 0 saturated carbocycles. The van der Waals surface area contributed by atoms with Gasteiger partial charge < -0.3 is 0 Å². The zero-order valence-electron chi connectivity index (χ0n) is 28.0. The van der Waals surface area contributed by atoms with Crippen molar-refractivity contribution in [2.75, 3.05) is 0 Å². The second-order valence-electron chi connectivity index (χ2n) is 13.4. The van der Waals surface area contributed by atoms with Crippen molar-refractivity contribution >= 4 is 11.0 Å². The number of hydrogen-bond donors (Lipinski definition) is 0. The summed E-state index contributed by atoms with van der Waals surface area (Å²) in [6.07, 6.45) is 0. The lowest BCUT2D eigenvalue weighted by molar-refractivity contribution is 0.738. The van der Waals surface area contributed by atoms with E-state index in [1.807, 2.05) is 24.3 Å². The third kappa shape index (κ3) is 3.99. The summed E-state index contributed by atoms with van der Waals surface area (Å²) in [6.45, 7) is 0. The Kier molecular flexibility index (Phi) is 6.10. The van der Waals surface area contributed by atoms with Crippen LogP contribution >= 0.6 is 0 Å². The van der Waals surface area contributed by atoms with Crippen LogP contribution in [0.2, 0.25) is 0 Å². The van der Waals surface area contributed by atoms with Crippen LogP contribution < -0.4 is 0 Å². The lowest BCUT2D eigenvalue weighted by atomic mass is 9.72. The molecule has 242 valence electrons. The van der Waals surface area contributed by atoms with Gasteiger partial charge in [-0.05, 0) is 57.1 Å². The molecular weight excluding hydrogens is 635 g/mol. The van der Waals surface area contributed by atoms with Gasteiger partial charge in [-0.25, -0.2) is 19.9 Å². The van der Waals surface area contributed by atoms with Crippen LogP contribution in [0.15, 0.2) is 176 Å². The molecule has 2 aromatic heterocycles. The molecule has 0 saturated heterocycles. The second kappa shape index (κ2) is 11.0. The van der Waals surface area contributed by atoms with Gasteiger partial charge in [0.05, 0.1) is 16.7 Å². The first-order valence-corrected chi connectivity index (χ1v) is 17.6. The maximum Gasteiger partial charge on any atom is 0.166 e. The monoisotopic (exact) mass is 663 g/mol. The van der Waals surface area contributed by atoms with Crippen molar-refractivity contribution in [2.45, 2.75) is 5.41 Å². The van der Waals surface area contributed by atoms with Crippen molar-refractivity contribution < 1.29 is 0 Å². The molecule has 1 spiro atoms. The molecular formula is C47H29N5. The van der Waals surface area contributed by atoms with Crippen LogP contribution in [-0.2, 0) is 5.41 Å². The first kappa shape index (κ1) is 28.8. The Morgan fingerprint density at radius 3 is 1.52 bits per heavy atom. The van der Waals surface area contributed by atoms with Crippen molar-refractivity contribution in [3.63, 3.8) is 0 Å². The van der Waals surface area contributed by atoms with Crippen LogP contribution in [0, 0.1) is 0 Å². The number of imidazole rings is 1. The van der Waals surface area contributed by atoms with Crippen molar-refractivity contribution in [2.24, 2.45) is 0 Å². The van der Waals surface area contributed by atoms with Gasteiger partial charge in [0.15, 0.2) is 17.5 Å². The van der Waals surface area contributed by atoms with E-state index in [9.17, 15) is 0 Å². The van der Waals surface area contributed by atoms with Gasteiger partial charge in [-0.2, -0.15) is 0 Å². The molecule has 0 atom stereocenters. The molecule has 11 rings (SSSR count). The summed E-state index contributed by atoms with van der Waals surface area (Å²) in [7, 11) is 0. The highest BCUT2D eigenvalue weighted by Crippen LogP contribution is 2.61. The minimum absolute atomic E-state index is 0.608. The fourth-order valence-electron chi connectivity index (χ4n) is 8.44. The van der Waals surface area contributed by atoms with E-state index < -0.39 is 5.41 Å². The molecule has 5 heteroatoms. The summed E-state index contributed by atoms with van der Waals surface area (Å²) in [5.41, 5.74) is 13.7. The summed E-state index contributed by atoms with van der Waals surface area (Å²) in [5, 5.41) is 0. The molecule has 9 aromatic rings. The number of hydrogen-bond acceptors (Lipinski definition) is 4. The highest BCUT2D eigenvalue weighted by atomic mass is 15.1. The topological polar surface area (TPSA) is 56.5 Å². The predicted molar refractivity (Wildman–Crippen MR) is 207 cm³/mol. The minimum atomic E-state index is -0.608. The van der Waals surface area contributed by atoms with Crippen LogP contribution in [0.3, 0.4) is 0 Å². The summed E-state index contributed by atoms with van der Waals surface area (Å²) in [4.78, 5) is 21.0. The number of aromatic nitrogens is 5. The van der Waals surface area contributed by atoms with Gasteiger partial charge in [-0.3, -0.25) is 4.57 Å². The van der Waals surface area contributed by atoms with E-state index in [4.69, 9.17) is 19.9 Å². The average Bonchev–Trinajstić information content (AvgIpc) is 3.85. The summed E-state index contributed by atoms with van der Waals surface area (Å²) in [5.74, 6) is 2.86. The first-order chi connectivity index (χ1) is 25.8. The molecule has 1 aliphatic heterocycles. The normalized spacial score (nSPS) is 13.2. The molecule has 0 bridgehead atoms. The smallest absolute Gasteiger partial charge is 0.166 e. The van der Waals surface area contributed by atoms with E-state index in [0.29, 0.717) is 17.5 Å². The molecule has 0 N–H and O–H groups in total. The number of rotatable bonds is 4. The Morgan fingerprint density at radius 1 is 0.346 bits per heavy atom. The van der Waals surface area contributed by atoms with Crippen LogP contribution in [0.4, 0.5) is 0 Å². The van der Waals surface area contributed by atoms with Gasteiger partial charge in [0.25, 0.3) is 0 Å². The number of benzene rings is 7. The van der Waals surface area contributed by atoms with E-state index in [1.54, 1.807) is 0 Å². The molecule has 7 aromatic carbocycles. The molecule has 3 heterocycles.